The van der Waals surface area contributed by atoms with E-state index in [0.717, 1.165) is 49.4 Å². The molecule has 4 rings (SSSR count). The van der Waals surface area contributed by atoms with Crippen molar-refractivity contribution in [3.63, 3.8) is 0 Å². The number of morpholine rings is 1. The second-order valence-electron chi connectivity index (χ2n) is 7.27. The first kappa shape index (κ1) is 21.5. The van der Waals surface area contributed by atoms with Gasteiger partial charge in [-0.25, -0.2) is 4.98 Å². The number of nitrogens with zero attached hydrogens (tertiary/aromatic N) is 2. The zero-order valence-corrected chi connectivity index (χ0v) is 18.7. The molecule has 160 valence electrons. The van der Waals surface area contributed by atoms with E-state index in [1.165, 1.54) is 5.56 Å². The van der Waals surface area contributed by atoms with Gasteiger partial charge in [0, 0.05) is 36.0 Å². The lowest BCUT2D eigenvalue weighted by Crippen LogP contribution is -2.37. The molecule has 7 heteroatoms. The van der Waals surface area contributed by atoms with Crippen molar-refractivity contribution in [1.29, 1.82) is 0 Å². The van der Waals surface area contributed by atoms with Crippen LogP contribution >= 0.6 is 15.9 Å². The molecule has 0 atom stereocenters. The first-order chi connectivity index (χ1) is 15.2. The van der Waals surface area contributed by atoms with Gasteiger partial charge in [0.2, 0.25) is 5.88 Å². The molecule has 1 saturated heterocycles. The number of pyridine rings is 1. The van der Waals surface area contributed by atoms with Crippen LogP contribution in [0.1, 0.15) is 15.9 Å². The van der Waals surface area contributed by atoms with Crippen molar-refractivity contribution in [2.45, 2.75) is 6.42 Å². The summed E-state index contributed by atoms with van der Waals surface area (Å²) < 4.78 is 12.2. The molecule has 2 aromatic carbocycles. The van der Waals surface area contributed by atoms with Crippen molar-refractivity contribution in [3.05, 3.63) is 82.5 Å². The van der Waals surface area contributed by atoms with E-state index in [0.29, 0.717) is 11.3 Å². The molecule has 0 aliphatic carbocycles. The number of ether oxygens (including phenoxy) is 2. The van der Waals surface area contributed by atoms with Crippen molar-refractivity contribution < 1.29 is 14.3 Å². The second kappa shape index (κ2) is 10.5. The maximum Gasteiger partial charge on any atom is 0.261 e. The molecule has 1 aliphatic heterocycles. The average molecular weight is 482 g/mol. The predicted octanol–water partition coefficient (Wildman–Crippen LogP) is 4.76. The molecule has 0 bridgehead atoms. The lowest BCUT2D eigenvalue weighted by Gasteiger charge is -2.26. The summed E-state index contributed by atoms with van der Waals surface area (Å²) in [6.45, 7) is 4.62. The fourth-order valence-corrected chi connectivity index (χ4v) is 3.59. The van der Waals surface area contributed by atoms with Crippen LogP contribution in [-0.2, 0) is 11.2 Å². The molecule has 3 aromatic rings. The number of rotatable bonds is 7. The lowest BCUT2D eigenvalue weighted by molar-refractivity contribution is 0.0384. The van der Waals surface area contributed by atoms with Gasteiger partial charge in [-0.05, 0) is 60.5 Å². The number of nitrogens with one attached hydrogen (secondary N) is 1. The highest BCUT2D eigenvalue weighted by atomic mass is 79.9. The highest BCUT2D eigenvalue weighted by Crippen LogP contribution is 2.25. The smallest absolute Gasteiger partial charge is 0.261 e. The molecule has 6 nitrogen and oxygen atoms in total. The van der Waals surface area contributed by atoms with Gasteiger partial charge in [0.25, 0.3) is 5.91 Å². The largest absolute Gasteiger partial charge is 0.438 e. The zero-order valence-electron chi connectivity index (χ0n) is 17.1. The van der Waals surface area contributed by atoms with Crippen LogP contribution in [0.4, 0.5) is 5.69 Å². The summed E-state index contributed by atoms with van der Waals surface area (Å²) >= 11 is 3.40. The number of amides is 1. The van der Waals surface area contributed by atoms with Gasteiger partial charge in [0.15, 0.2) is 0 Å². The third-order valence-corrected chi connectivity index (χ3v) is 5.60. The minimum atomic E-state index is -0.263. The predicted molar refractivity (Wildman–Crippen MR) is 124 cm³/mol. The maximum atomic E-state index is 12.8. The quantitative estimate of drug-likeness (QED) is 0.526. The summed E-state index contributed by atoms with van der Waals surface area (Å²) in [4.78, 5) is 19.5. The van der Waals surface area contributed by atoms with Crippen LogP contribution < -0.4 is 10.1 Å². The van der Waals surface area contributed by atoms with E-state index in [9.17, 15) is 4.79 Å². The molecule has 1 N–H and O–H groups in total. The van der Waals surface area contributed by atoms with Gasteiger partial charge in [-0.1, -0.05) is 28.1 Å². The molecule has 1 aromatic heterocycles. The number of halogens is 1. The Morgan fingerprint density at radius 2 is 1.81 bits per heavy atom. The molecule has 2 heterocycles. The van der Waals surface area contributed by atoms with E-state index in [2.05, 4.69) is 43.3 Å². The minimum Gasteiger partial charge on any atom is -0.438 e. The van der Waals surface area contributed by atoms with Crippen molar-refractivity contribution in [2.75, 3.05) is 38.2 Å². The van der Waals surface area contributed by atoms with Crippen LogP contribution in [-0.4, -0.2) is 48.6 Å². The van der Waals surface area contributed by atoms with Crippen LogP contribution in [0.25, 0.3) is 0 Å². The molecule has 31 heavy (non-hydrogen) atoms. The average Bonchev–Trinajstić information content (AvgIpc) is 2.81. The summed E-state index contributed by atoms with van der Waals surface area (Å²) in [5.41, 5.74) is 2.35. The van der Waals surface area contributed by atoms with Crippen LogP contribution in [0.15, 0.2) is 71.3 Å². The molecule has 0 spiro atoms. The van der Waals surface area contributed by atoms with Gasteiger partial charge in [-0.3, -0.25) is 9.69 Å². The Labute approximate surface area is 190 Å². The van der Waals surface area contributed by atoms with Crippen LogP contribution in [0.5, 0.6) is 11.6 Å². The van der Waals surface area contributed by atoms with Gasteiger partial charge in [-0.2, -0.15) is 0 Å². The Morgan fingerprint density at radius 1 is 1.06 bits per heavy atom. The number of aromatic nitrogens is 1. The van der Waals surface area contributed by atoms with Crippen molar-refractivity contribution >= 4 is 27.5 Å². The second-order valence-corrected chi connectivity index (χ2v) is 8.18. The van der Waals surface area contributed by atoms with Gasteiger partial charge >= 0.3 is 0 Å². The molecule has 0 saturated carbocycles. The molecule has 1 fully saturated rings. The van der Waals surface area contributed by atoms with Crippen molar-refractivity contribution in [2.24, 2.45) is 0 Å². The number of hydrogen-bond acceptors (Lipinski definition) is 5. The summed E-state index contributed by atoms with van der Waals surface area (Å²) in [7, 11) is 0. The lowest BCUT2D eigenvalue weighted by atomic mass is 10.1. The Balaban J connectivity index is 1.37. The number of hydrogen-bond donors (Lipinski definition) is 1. The van der Waals surface area contributed by atoms with Crippen molar-refractivity contribution in [3.8, 4) is 11.6 Å². The van der Waals surface area contributed by atoms with Crippen LogP contribution in [0.2, 0.25) is 0 Å². The molecular formula is C24H24BrN3O3. The summed E-state index contributed by atoms with van der Waals surface area (Å²) in [5.74, 6) is 0.617. The summed E-state index contributed by atoms with van der Waals surface area (Å²) in [6, 6.07) is 18.8. The first-order valence-electron chi connectivity index (χ1n) is 10.3. The fraction of sp³-hybridized carbons (Fsp3) is 0.250. The third-order valence-electron chi connectivity index (χ3n) is 5.08. The van der Waals surface area contributed by atoms with Crippen LogP contribution in [0, 0.1) is 0 Å². The summed E-state index contributed by atoms with van der Waals surface area (Å²) in [5, 5.41) is 2.93. The highest BCUT2D eigenvalue weighted by molar-refractivity contribution is 9.10. The van der Waals surface area contributed by atoms with Crippen LogP contribution in [0.3, 0.4) is 0 Å². The van der Waals surface area contributed by atoms with Gasteiger partial charge in [-0.15, -0.1) is 0 Å². The third kappa shape index (κ3) is 6.13. The SMILES string of the molecule is O=C(Nc1ccc(CCN2CCOCC2)cc1)c1cccnc1Oc1ccc(Br)cc1. The highest BCUT2D eigenvalue weighted by Gasteiger charge is 2.15. The number of benzene rings is 2. The molecule has 1 amide bonds. The van der Waals surface area contributed by atoms with Gasteiger partial charge in [0.05, 0.1) is 13.2 Å². The van der Waals surface area contributed by atoms with E-state index in [-0.39, 0.29) is 11.8 Å². The fourth-order valence-electron chi connectivity index (χ4n) is 3.32. The summed E-state index contributed by atoms with van der Waals surface area (Å²) in [6.07, 6.45) is 2.58. The Bertz CT molecular complexity index is 1000. The Hall–Kier alpha value is -2.74. The van der Waals surface area contributed by atoms with Gasteiger partial charge in [0.1, 0.15) is 11.3 Å². The van der Waals surface area contributed by atoms with E-state index < -0.39 is 0 Å². The minimum absolute atomic E-state index is 0.263. The van der Waals surface area contributed by atoms with E-state index in [1.54, 1.807) is 18.3 Å². The zero-order chi connectivity index (χ0) is 21.5. The molecule has 1 aliphatic rings. The molecule has 0 radical (unpaired) electrons. The monoisotopic (exact) mass is 481 g/mol. The topological polar surface area (TPSA) is 63.7 Å². The first-order valence-corrected chi connectivity index (χ1v) is 11.1. The maximum absolute atomic E-state index is 12.8. The standard InChI is InChI=1S/C24H24BrN3O3/c25-19-5-9-21(10-6-19)31-24-22(2-1-12-26-24)23(29)27-20-7-3-18(4-8-20)11-13-28-14-16-30-17-15-28/h1-10,12H,11,13-17H2,(H,27,29). The van der Waals surface area contributed by atoms with Gasteiger partial charge < -0.3 is 14.8 Å². The van der Waals surface area contributed by atoms with E-state index >= 15 is 0 Å². The molecule has 0 unspecified atom stereocenters. The number of carbonyl (C=O) groups excluding carboxylic acids is 1. The van der Waals surface area contributed by atoms with E-state index in [4.69, 9.17) is 9.47 Å². The van der Waals surface area contributed by atoms with E-state index in [1.807, 2.05) is 36.4 Å². The number of carbonyl (C=O) groups is 1. The normalized spacial score (nSPS) is 14.2. The Morgan fingerprint density at radius 3 is 2.55 bits per heavy atom. The number of anilines is 1. The molecular weight excluding hydrogens is 458 g/mol. The Kier molecular flexibility index (Phi) is 7.30. The van der Waals surface area contributed by atoms with Crippen molar-refractivity contribution in [1.82, 2.24) is 9.88 Å².